The van der Waals surface area contributed by atoms with Crippen molar-refractivity contribution in [2.24, 2.45) is 0 Å². The Hall–Kier alpha value is -2.38. The first-order valence-corrected chi connectivity index (χ1v) is 11.8. The van der Waals surface area contributed by atoms with Crippen molar-refractivity contribution in [1.82, 2.24) is 0 Å². The van der Waals surface area contributed by atoms with Crippen LogP contribution in [0.3, 0.4) is 0 Å². The molecule has 13 nitrogen and oxygen atoms in total. The number of carbonyl (C=O) groups excluding carboxylic acids is 3. The predicted molar refractivity (Wildman–Crippen MR) is 119 cm³/mol. The zero-order chi connectivity index (χ0) is 27.8. The lowest BCUT2D eigenvalue weighted by atomic mass is 10.3. The van der Waals surface area contributed by atoms with Gasteiger partial charge in [0.15, 0.2) is 0 Å². The van der Waals surface area contributed by atoms with Crippen LogP contribution < -0.4 is 0 Å². The molecule has 3 N–H and O–H groups in total. The topological polar surface area (TPSA) is 184 Å². The van der Waals surface area contributed by atoms with Crippen LogP contribution in [-0.4, -0.2) is 51.1 Å². The summed E-state index contributed by atoms with van der Waals surface area (Å²) in [6.07, 6.45) is -1.77. The largest absolute Gasteiger partial charge is 0.490 e. The van der Waals surface area contributed by atoms with Gasteiger partial charge < -0.3 is 29.5 Å². The van der Waals surface area contributed by atoms with Crippen LogP contribution in [0.2, 0.25) is 0 Å². The molecule has 0 aliphatic carbocycles. The molecule has 0 aromatic carbocycles. The number of phosphoric acid groups is 1. The van der Waals surface area contributed by atoms with E-state index in [9.17, 15) is 34.3 Å². The highest BCUT2D eigenvalue weighted by Crippen LogP contribution is 2.59. The van der Waals surface area contributed by atoms with E-state index in [2.05, 4.69) is 19.7 Å². The van der Waals surface area contributed by atoms with Gasteiger partial charge in [-0.25, -0.2) is 32.5 Å². The summed E-state index contributed by atoms with van der Waals surface area (Å²) in [4.78, 5) is 35.8. The summed E-state index contributed by atoms with van der Waals surface area (Å²) in [5.41, 5.74) is -0.547. The van der Waals surface area contributed by atoms with E-state index in [1.54, 1.807) is 0 Å². The molecule has 0 aromatic heterocycles. The zero-order valence-corrected chi connectivity index (χ0v) is 21.5. The van der Waals surface area contributed by atoms with Crippen LogP contribution in [0, 0.1) is 0 Å². The number of ether oxygens (including phenoxy) is 3. The molecule has 0 aliphatic heterocycles. The lowest BCUT2D eigenvalue weighted by Crippen LogP contribution is -2.44. The van der Waals surface area contributed by atoms with Gasteiger partial charge in [-0.15, -0.1) is 0 Å². The molecule has 0 saturated heterocycles. The molecule has 35 heavy (non-hydrogen) atoms. The molecule has 0 radical (unpaired) electrons. The highest BCUT2D eigenvalue weighted by atomic mass is 31.2. The van der Waals surface area contributed by atoms with Crippen LogP contribution in [0.5, 0.6) is 0 Å². The Bertz CT molecular complexity index is 799. The maximum atomic E-state index is 13.6. The second kappa shape index (κ2) is 12.5. The minimum Gasteiger partial charge on any atom is -0.404 e. The SMILES string of the molecule is C=C(C)C(=O)OC(O)(CC)OP(=O)(OC(O)(CC)OC(=O)C(=C)C)OC(O)(CC)OC(=O)C(=C)C. The minimum absolute atomic E-state index is 0.182. The maximum absolute atomic E-state index is 13.6. The van der Waals surface area contributed by atoms with E-state index in [-0.39, 0.29) is 16.7 Å². The average molecular weight is 524 g/mol. The highest BCUT2D eigenvalue weighted by Gasteiger charge is 2.53. The molecule has 3 atom stereocenters. The fourth-order valence-corrected chi connectivity index (χ4v) is 3.40. The number of carbonyl (C=O) groups is 3. The summed E-state index contributed by atoms with van der Waals surface area (Å²) in [5.74, 6) is -12.7. The van der Waals surface area contributed by atoms with Gasteiger partial charge in [0.05, 0.1) is 0 Å². The molecule has 3 unspecified atom stereocenters. The normalized spacial score (nSPS) is 18.0. The summed E-state index contributed by atoms with van der Waals surface area (Å²) in [6, 6.07) is 0. The number of hydrogen-bond donors (Lipinski definition) is 3. The van der Waals surface area contributed by atoms with Crippen molar-refractivity contribution in [3.8, 4) is 0 Å². The van der Waals surface area contributed by atoms with Crippen LogP contribution >= 0.6 is 7.82 Å². The van der Waals surface area contributed by atoms with E-state index in [0.717, 1.165) is 0 Å². The van der Waals surface area contributed by atoms with Gasteiger partial charge in [0, 0.05) is 36.0 Å². The molecule has 0 saturated carbocycles. The van der Waals surface area contributed by atoms with Crippen LogP contribution in [0.15, 0.2) is 36.5 Å². The molecule has 0 rings (SSSR count). The van der Waals surface area contributed by atoms with Gasteiger partial charge in [-0.2, -0.15) is 0 Å². The predicted octanol–water partition coefficient (Wildman–Crippen LogP) is 2.67. The number of esters is 3. The van der Waals surface area contributed by atoms with E-state index in [0.29, 0.717) is 0 Å². The Labute approximate surface area is 203 Å². The lowest BCUT2D eigenvalue weighted by molar-refractivity contribution is -0.355. The summed E-state index contributed by atoms with van der Waals surface area (Å²) in [6.45, 7) is 17.4. The van der Waals surface area contributed by atoms with Gasteiger partial charge in [0.2, 0.25) is 0 Å². The lowest BCUT2D eigenvalue weighted by Gasteiger charge is -2.36. The summed E-state index contributed by atoms with van der Waals surface area (Å²) in [5, 5.41) is 31.8. The standard InChI is InChI=1S/C21H33O13P/c1-10-19(25,29-16(22)13(4)5)32-35(28,33-20(26,11-2)30-17(23)14(6)7)34-21(27,12-3)31-18(24)15(8)9/h25-27H,4,6,8,10-12H2,1-3,5,7,9H3. The first-order chi connectivity index (χ1) is 15.8. The third-order valence-electron chi connectivity index (χ3n) is 3.91. The van der Waals surface area contributed by atoms with Crippen molar-refractivity contribution >= 4 is 25.7 Å². The summed E-state index contributed by atoms with van der Waals surface area (Å²) in [7, 11) is -5.56. The molecular weight excluding hydrogens is 491 g/mol. The molecule has 0 aromatic rings. The number of hydrogen-bond acceptors (Lipinski definition) is 13. The van der Waals surface area contributed by atoms with Crippen molar-refractivity contribution in [2.75, 3.05) is 0 Å². The monoisotopic (exact) mass is 524 g/mol. The smallest absolute Gasteiger partial charge is 0.404 e. The third-order valence-corrected chi connectivity index (χ3v) is 5.43. The second-order valence-electron chi connectivity index (χ2n) is 7.43. The van der Waals surface area contributed by atoms with E-state index in [4.69, 9.17) is 27.8 Å². The van der Waals surface area contributed by atoms with Gasteiger partial charge in [-0.05, 0) is 20.8 Å². The Morgan fingerprint density at radius 2 is 0.829 bits per heavy atom. The minimum atomic E-state index is -5.56. The summed E-state index contributed by atoms with van der Waals surface area (Å²) < 4.78 is 42.5. The molecule has 0 spiro atoms. The van der Waals surface area contributed by atoms with Crippen molar-refractivity contribution in [3.05, 3.63) is 36.5 Å². The van der Waals surface area contributed by atoms with Crippen molar-refractivity contribution in [2.45, 2.75) is 78.7 Å². The molecule has 14 heteroatoms. The van der Waals surface area contributed by atoms with Crippen LogP contribution in [0.4, 0.5) is 0 Å². The van der Waals surface area contributed by atoms with Crippen molar-refractivity contribution in [1.29, 1.82) is 0 Å². The Balaban J connectivity index is 6.48. The third kappa shape index (κ3) is 10.4. The zero-order valence-electron chi connectivity index (χ0n) is 20.6. The van der Waals surface area contributed by atoms with Gasteiger partial charge in [0.25, 0.3) is 0 Å². The average Bonchev–Trinajstić information content (AvgIpc) is 2.72. The molecule has 0 amide bonds. The second-order valence-corrected chi connectivity index (χ2v) is 8.87. The Morgan fingerprint density at radius 1 is 0.629 bits per heavy atom. The number of aliphatic hydroxyl groups is 3. The van der Waals surface area contributed by atoms with Gasteiger partial charge >= 0.3 is 43.7 Å². The van der Waals surface area contributed by atoms with Gasteiger partial charge in [-0.3, -0.25) is 0 Å². The quantitative estimate of drug-likeness (QED) is 0.0934. The number of rotatable bonds is 15. The van der Waals surface area contributed by atoms with Gasteiger partial charge in [0.1, 0.15) is 0 Å². The van der Waals surface area contributed by atoms with Crippen LogP contribution in [0.25, 0.3) is 0 Å². The first kappa shape index (κ1) is 32.6. The summed E-state index contributed by atoms with van der Waals surface area (Å²) >= 11 is 0. The Morgan fingerprint density at radius 3 is 0.971 bits per heavy atom. The van der Waals surface area contributed by atoms with Gasteiger partial charge in [-0.1, -0.05) is 40.5 Å². The molecule has 200 valence electrons. The van der Waals surface area contributed by atoms with E-state index in [1.807, 2.05) is 0 Å². The fourth-order valence-electron chi connectivity index (χ4n) is 1.74. The molecule has 0 fully saturated rings. The first-order valence-electron chi connectivity index (χ1n) is 10.3. The van der Waals surface area contributed by atoms with Crippen molar-refractivity contribution < 1.29 is 62.1 Å². The maximum Gasteiger partial charge on any atom is 0.490 e. The molecular formula is C21H33O13P. The molecule has 0 heterocycles. The Kier molecular flexibility index (Phi) is 11.7. The molecule has 0 aliphatic rings. The fraction of sp³-hybridized carbons (Fsp3) is 0.571. The van der Waals surface area contributed by atoms with E-state index >= 15 is 0 Å². The van der Waals surface area contributed by atoms with Crippen molar-refractivity contribution in [3.63, 3.8) is 0 Å². The molecule has 0 bridgehead atoms. The highest BCUT2D eigenvalue weighted by molar-refractivity contribution is 7.48. The van der Waals surface area contributed by atoms with Crippen LogP contribution in [0.1, 0.15) is 60.8 Å². The van der Waals surface area contributed by atoms with E-state index in [1.165, 1.54) is 41.5 Å². The van der Waals surface area contributed by atoms with E-state index < -0.39 is 62.9 Å². The number of phosphoric ester groups is 1. The van der Waals surface area contributed by atoms with Crippen LogP contribution in [-0.2, 0) is 46.7 Å².